The Morgan fingerprint density at radius 2 is 1.71 bits per heavy atom. The van der Waals surface area contributed by atoms with Gasteiger partial charge in [0.25, 0.3) is 0 Å². The third-order valence-corrected chi connectivity index (χ3v) is 6.16. The monoisotopic (exact) mass is 386 g/mol. The normalized spacial score (nSPS) is 18.7. The summed E-state index contributed by atoms with van der Waals surface area (Å²) in [5.74, 6) is 1.31. The van der Waals surface area contributed by atoms with Crippen molar-refractivity contribution in [3.05, 3.63) is 30.3 Å². The molecule has 0 radical (unpaired) electrons. The summed E-state index contributed by atoms with van der Waals surface area (Å²) in [5.41, 5.74) is 0. The summed E-state index contributed by atoms with van der Waals surface area (Å²) in [4.78, 5) is 29.5. The van der Waals surface area contributed by atoms with Crippen molar-refractivity contribution < 1.29 is 14.3 Å². The maximum absolute atomic E-state index is 13.0. The van der Waals surface area contributed by atoms with E-state index < -0.39 is 0 Å². The topological polar surface area (TPSA) is 49.9 Å². The molecular formula is C23H34N2O3. The van der Waals surface area contributed by atoms with Gasteiger partial charge in [-0.25, -0.2) is 0 Å². The van der Waals surface area contributed by atoms with E-state index in [1.165, 1.54) is 19.3 Å². The lowest BCUT2D eigenvalue weighted by Gasteiger charge is -2.38. The lowest BCUT2D eigenvalue weighted by Crippen LogP contribution is -2.48. The third kappa shape index (κ3) is 5.49. The number of carbonyl (C=O) groups excluding carboxylic acids is 2. The number of likely N-dealkylation sites (tertiary alicyclic amines) is 1. The van der Waals surface area contributed by atoms with Crippen LogP contribution in [0.5, 0.6) is 5.75 Å². The van der Waals surface area contributed by atoms with Crippen LogP contribution in [0.25, 0.3) is 0 Å². The highest BCUT2D eigenvalue weighted by Crippen LogP contribution is 2.27. The number of hydrogen-bond donors (Lipinski definition) is 0. The Morgan fingerprint density at radius 3 is 2.36 bits per heavy atom. The fourth-order valence-electron chi connectivity index (χ4n) is 4.53. The van der Waals surface area contributed by atoms with Gasteiger partial charge in [-0.1, -0.05) is 37.5 Å². The van der Waals surface area contributed by atoms with Crippen molar-refractivity contribution in [3.8, 4) is 5.75 Å². The number of piperidine rings is 1. The molecule has 5 heteroatoms. The maximum Gasteiger partial charge on any atom is 0.226 e. The van der Waals surface area contributed by atoms with Crippen molar-refractivity contribution in [2.24, 2.45) is 5.92 Å². The Bertz CT molecular complexity index is 620. The van der Waals surface area contributed by atoms with Gasteiger partial charge in [-0.2, -0.15) is 0 Å². The van der Waals surface area contributed by atoms with Gasteiger partial charge in [0.1, 0.15) is 5.75 Å². The number of nitrogens with zero attached hydrogens (tertiary/aromatic N) is 2. The Morgan fingerprint density at radius 1 is 1.04 bits per heavy atom. The number of ether oxygens (including phenoxy) is 1. The summed E-state index contributed by atoms with van der Waals surface area (Å²) in [5, 5.41) is 0. The quantitative estimate of drug-likeness (QED) is 0.715. The summed E-state index contributed by atoms with van der Waals surface area (Å²) >= 11 is 0. The van der Waals surface area contributed by atoms with Crippen LogP contribution in [0.3, 0.4) is 0 Å². The molecule has 5 nitrogen and oxygen atoms in total. The second-order valence-electron chi connectivity index (χ2n) is 7.98. The molecule has 1 aromatic carbocycles. The summed E-state index contributed by atoms with van der Waals surface area (Å²) in [6, 6.07) is 10.0. The van der Waals surface area contributed by atoms with Crippen LogP contribution in [0.4, 0.5) is 0 Å². The summed E-state index contributed by atoms with van der Waals surface area (Å²) in [7, 11) is 0. The zero-order chi connectivity index (χ0) is 19.8. The van der Waals surface area contributed by atoms with Crippen LogP contribution in [-0.2, 0) is 9.59 Å². The van der Waals surface area contributed by atoms with E-state index in [4.69, 9.17) is 4.74 Å². The number of benzene rings is 1. The first kappa shape index (κ1) is 20.7. The fourth-order valence-corrected chi connectivity index (χ4v) is 4.53. The van der Waals surface area contributed by atoms with E-state index in [-0.39, 0.29) is 11.8 Å². The van der Waals surface area contributed by atoms with Gasteiger partial charge in [0.2, 0.25) is 11.8 Å². The fraction of sp³-hybridized carbons (Fsp3) is 0.652. The Balaban J connectivity index is 1.41. The minimum atomic E-state index is 0.0755. The molecule has 1 aliphatic carbocycles. The van der Waals surface area contributed by atoms with Crippen LogP contribution in [0.15, 0.2) is 30.3 Å². The Hall–Kier alpha value is -2.04. The standard InChI is InChI=1S/C23H34N2O3/c1-2-25(20-9-5-3-6-10-20)23(27)19-13-16-24(17-14-19)22(26)15-18-28-21-11-7-4-8-12-21/h4,7-8,11-12,19-20H,2-3,5-6,9-10,13-18H2,1H3. The Labute approximate surface area is 169 Å². The van der Waals surface area contributed by atoms with Crippen LogP contribution in [0.1, 0.15) is 58.3 Å². The highest BCUT2D eigenvalue weighted by atomic mass is 16.5. The molecule has 1 aliphatic heterocycles. The predicted molar refractivity (Wildman–Crippen MR) is 110 cm³/mol. The molecule has 1 heterocycles. The molecule has 2 aliphatic rings. The van der Waals surface area contributed by atoms with Crippen molar-refractivity contribution >= 4 is 11.8 Å². The first-order valence-corrected chi connectivity index (χ1v) is 10.9. The molecule has 1 saturated heterocycles. The molecule has 0 spiro atoms. The molecule has 0 N–H and O–H groups in total. The number of para-hydroxylation sites is 1. The van der Waals surface area contributed by atoms with Gasteiger partial charge in [-0.3, -0.25) is 9.59 Å². The van der Waals surface area contributed by atoms with E-state index in [9.17, 15) is 9.59 Å². The van der Waals surface area contributed by atoms with Gasteiger partial charge in [0.15, 0.2) is 0 Å². The first-order valence-electron chi connectivity index (χ1n) is 10.9. The second kappa shape index (κ2) is 10.5. The molecule has 2 fully saturated rings. The molecule has 0 aromatic heterocycles. The molecule has 0 unspecified atom stereocenters. The largest absolute Gasteiger partial charge is 0.493 e. The Kier molecular flexibility index (Phi) is 7.75. The SMILES string of the molecule is CCN(C(=O)C1CCN(C(=O)CCOc2ccccc2)CC1)C1CCCCC1. The molecule has 1 aromatic rings. The van der Waals surface area contributed by atoms with Crippen LogP contribution < -0.4 is 4.74 Å². The minimum absolute atomic E-state index is 0.0755. The van der Waals surface area contributed by atoms with Crippen LogP contribution in [0, 0.1) is 5.92 Å². The van der Waals surface area contributed by atoms with Gasteiger partial charge in [0.05, 0.1) is 13.0 Å². The average molecular weight is 387 g/mol. The van der Waals surface area contributed by atoms with Crippen molar-refractivity contribution in [2.75, 3.05) is 26.2 Å². The predicted octanol–water partition coefficient (Wildman–Crippen LogP) is 3.88. The second-order valence-corrected chi connectivity index (χ2v) is 7.98. The first-order chi connectivity index (χ1) is 13.7. The summed E-state index contributed by atoms with van der Waals surface area (Å²) in [6.45, 7) is 4.66. The average Bonchev–Trinajstić information content (AvgIpc) is 2.76. The zero-order valence-electron chi connectivity index (χ0n) is 17.1. The van der Waals surface area contributed by atoms with Gasteiger partial charge < -0.3 is 14.5 Å². The van der Waals surface area contributed by atoms with Gasteiger partial charge in [0, 0.05) is 31.6 Å². The molecule has 154 valence electrons. The summed E-state index contributed by atoms with van der Waals surface area (Å²) < 4.78 is 5.63. The van der Waals surface area contributed by atoms with Crippen LogP contribution >= 0.6 is 0 Å². The molecule has 0 bridgehead atoms. The van der Waals surface area contributed by atoms with Crippen molar-refractivity contribution in [2.45, 2.75) is 64.3 Å². The van der Waals surface area contributed by atoms with E-state index in [1.807, 2.05) is 35.2 Å². The van der Waals surface area contributed by atoms with E-state index in [0.717, 1.165) is 38.0 Å². The van der Waals surface area contributed by atoms with Crippen molar-refractivity contribution in [1.29, 1.82) is 0 Å². The maximum atomic E-state index is 13.0. The lowest BCUT2D eigenvalue weighted by molar-refractivity contribution is -0.143. The highest BCUT2D eigenvalue weighted by molar-refractivity contribution is 5.80. The number of rotatable bonds is 7. The third-order valence-electron chi connectivity index (χ3n) is 6.16. The lowest BCUT2D eigenvalue weighted by atomic mass is 9.90. The molecule has 0 atom stereocenters. The van der Waals surface area contributed by atoms with Crippen LogP contribution in [-0.4, -0.2) is 53.9 Å². The smallest absolute Gasteiger partial charge is 0.226 e. The van der Waals surface area contributed by atoms with Crippen molar-refractivity contribution in [3.63, 3.8) is 0 Å². The van der Waals surface area contributed by atoms with E-state index >= 15 is 0 Å². The molecule has 28 heavy (non-hydrogen) atoms. The number of hydrogen-bond acceptors (Lipinski definition) is 3. The van der Waals surface area contributed by atoms with E-state index in [1.54, 1.807) is 0 Å². The van der Waals surface area contributed by atoms with E-state index in [2.05, 4.69) is 11.8 Å². The van der Waals surface area contributed by atoms with E-state index in [0.29, 0.717) is 38.1 Å². The summed E-state index contributed by atoms with van der Waals surface area (Å²) in [6.07, 6.45) is 8.05. The molecule has 3 rings (SSSR count). The number of carbonyl (C=O) groups is 2. The minimum Gasteiger partial charge on any atom is -0.493 e. The van der Waals surface area contributed by atoms with Crippen molar-refractivity contribution in [1.82, 2.24) is 9.80 Å². The molecular weight excluding hydrogens is 352 g/mol. The molecule has 2 amide bonds. The van der Waals surface area contributed by atoms with Crippen LogP contribution in [0.2, 0.25) is 0 Å². The molecule has 1 saturated carbocycles. The number of amides is 2. The highest BCUT2D eigenvalue weighted by Gasteiger charge is 2.32. The van der Waals surface area contributed by atoms with Gasteiger partial charge in [-0.15, -0.1) is 0 Å². The zero-order valence-corrected chi connectivity index (χ0v) is 17.1. The van der Waals surface area contributed by atoms with Gasteiger partial charge in [-0.05, 0) is 44.7 Å². The van der Waals surface area contributed by atoms with Gasteiger partial charge >= 0.3 is 0 Å².